The Hall–Kier alpha value is -3.28. The number of hydrogen-bond donors (Lipinski definition) is 2. The molecule has 122 valence electrons. The summed E-state index contributed by atoms with van der Waals surface area (Å²) >= 11 is 0. The zero-order chi connectivity index (χ0) is 17.1. The Bertz CT molecular complexity index is 860. The molecule has 0 aliphatic rings. The van der Waals surface area contributed by atoms with Crippen LogP contribution in [0.4, 0.5) is 21.0 Å². The zero-order valence-electron chi connectivity index (χ0n) is 13.3. The first-order valence-electron chi connectivity index (χ1n) is 7.29. The fourth-order valence-corrected chi connectivity index (χ4v) is 2.71. The van der Waals surface area contributed by atoms with Crippen molar-refractivity contribution < 1.29 is 19.1 Å². The lowest BCUT2D eigenvalue weighted by Gasteiger charge is -2.17. The number of anilines is 2. The van der Waals surface area contributed by atoms with Crippen LogP contribution in [0.3, 0.4) is 0 Å². The van der Waals surface area contributed by atoms with Crippen molar-refractivity contribution in [1.82, 2.24) is 0 Å². The third-order valence-electron chi connectivity index (χ3n) is 3.76. The van der Waals surface area contributed by atoms with Gasteiger partial charge in [-0.05, 0) is 10.8 Å². The van der Waals surface area contributed by atoms with Gasteiger partial charge in [-0.3, -0.25) is 10.6 Å². The summed E-state index contributed by atoms with van der Waals surface area (Å²) in [7, 11) is 2.57. The molecule has 0 aliphatic heterocycles. The highest BCUT2D eigenvalue weighted by molar-refractivity contribution is 6.23. The molecular formula is C18H16N2O4. The van der Waals surface area contributed by atoms with E-state index in [0.29, 0.717) is 11.4 Å². The summed E-state index contributed by atoms with van der Waals surface area (Å²) in [5.74, 6) is 0. The van der Waals surface area contributed by atoms with Crippen LogP contribution in [0.5, 0.6) is 0 Å². The van der Waals surface area contributed by atoms with Crippen LogP contribution in [0.2, 0.25) is 0 Å². The maximum atomic E-state index is 11.8. The average molecular weight is 324 g/mol. The van der Waals surface area contributed by atoms with Crippen molar-refractivity contribution in [2.75, 3.05) is 24.9 Å². The highest BCUT2D eigenvalue weighted by Crippen LogP contribution is 2.40. The fraction of sp³-hybridized carbons (Fsp3) is 0.111. The summed E-state index contributed by atoms with van der Waals surface area (Å²) in [6, 6.07) is 15.2. The standard InChI is InChI=1S/C18H16N2O4/c1-23-17(21)19-15-13-9-5-3-7-11(13)12-8-4-6-10-14(12)16(15)20-18(22)24-2/h3-10H,1-2H3,(H,19,21)(H,20,22). The molecule has 0 aromatic heterocycles. The molecule has 0 fully saturated rings. The van der Waals surface area contributed by atoms with Gasteiger partial charge in [-0.2, -0.15) is 0 Å². The molecule has 0 atom stereocenters. The van der Waals surface area contributed by atoms with Crippen molar-refractivity contribution >= 4 is 45.1 Å². The number of carbonyl (C=O) groups is 2. The summed E-state index contributed by atoms with van der Waals surface area (Å²) in [4.78, 5) is 23.6. The summed E-state index contributed by atoms with van der Waals surface area (Å²) in [5.41, 5.74) is 0.920. The molecule has 2 N–H and O–H groups in total. The van der Waals surface area contributed by atoms with Crippen LogP contribution in [0, 0.1) is 0 Å². The Morgan fingerprint density at radius 3 is 1.33 bits per heavy atom. The quantitative estimate of drug-likeness (QED) is 0.543. The van der Waals surface area contributed by atoms with Crippen LogP contribution in [0.15, 0.2) is 48.5 Å². The number of amides is 2. The van der Waals surface area contributed by atoms with Gasteiger partial charge in [0.15, 0.2) is 0 Å². The highest BCUT2D eigenvalue weighted by atomic mass is 16.5. The number of nitrogens with one attached hydrogen (secondary N) is 2. The van der Waals surface area contributed by atoms with Crippen molar-refractivity contribution in [3.8, 4) is 0 Å². The molecule has 0 saturated heterocycles. The minimum atomic E-state index is -0.622. The normalized spacial score (nSPS) is 10.4. The number of benzene rings is 3. The smallest absolute Gasteiger partial charge is 0.411 e. The maximum absolute atomic E-state index is 11.8. The number of fused-ring (bicyclic) bond motifs is 3. The number of hydrogen-bond acceptors (Lipinski definition) is 4. The molecule has 0 heterocycles. The van der Waals surface area contributed by atoms with Crippen LogP contribution >= 0.6 is 0 Å². The van der Waals surface area contributed by atoms with Gasteiger partial charge in [-0.15, -0.1) is 0 Å². The van der Waals surface area contributed by atoms with E-state index in [-0.39, 0.29) is 0 Å². The van der Waals surface area contributed by atoms with E-state index in [4.69, 9.17) is 9.47 Å². The van der Waals surface area contributed by atoms with Crippen LogP contribution in [0.1, 0.15) is 0 Å². The lowest BCUT2D eigenvalue weighted by molar-refractivity contribution is 0.185. The topological polar surface area (TPSA) is 76.7 Å². The van der Waals surface area contributed by atoms with Crippen LogP contribution in [-0.4, -0.2) is 26.4 Å². The molecular weight excluding hydrogens is 308 g/mol. The molecule has 0 saturated carbocycles. The fourth-order valence-electron chi connectivity index (χ4n) is 2.71. The Morgan fingerprint density at radius 2 is 1.00 bits per heavy atom. The molecule has 0 unspecified atom stereocenters. The predicted molar refractivity (Wildman–Crippen MR) is 93.5 cm³/mol. The monoisotopic (exact) mass is 324 g/mol. The Kier molecular flexibility index (Phi) is 4.20. The minimum absolute atomic E-state index is 0.460. The summed E-state index contributed by atoms with van der Waals surface area (Å²) in [6.07, 6.45) is -1.24. The number of carbonyl (C=O) groups excluding carboxylic acids is 2. The van der Waals surface area contributed by atoms with Crippen molar-refractivity contribution in [3.63, 3.8) is 0 Å². The maximum Gasteiger partial charge on any atom is 0.411 e. The molecule has 3 aromatic rings. The van der Waals surface area contributed by atoms with Gasteiger partial charge in [-0.25, -0.2) is 9.59 Å². The first-order valence-corrected chi connectivity index (χ1v) is 7.29. The predicted octanol–water partition coefficient (Wildman–Crippen LogP) is 4.35. The van der Waals surface area contributed by atoms with Gasteiger partial charge >= 0.3 is 12.2 Å². The molecule has 3 rings (SSSR count). The van der Waals surface area contributed by atoms with E-state index in [1.165, 1.54) is 14.2 Å². The van der Waals surface area contributed by atoms with Gasteiger partial charge in [0.2, 0.25) is 0 Å². The van der Waals surface area contributed by atoms with Gasteiger partial charge in [0.1, 0.15) is 0 Å². The van der Waals surface area contributed by atoms with Crippen LogP contribution < -0.4 is 10.6 Å². The van der Waals surface area contributed by atoms with Crippen molar-refractivity contribution in [2.24, 2.45) is 0 Å². The SMILES string of the molecule is COC(=O)Nc1c(NC(=O)OC)c2ccccc2c2ccccc12. The molecule has 6 nitrogen and oxygen atoms in total. The van der Waals surface area contributed by atoms with Gasteiger partial charge in [-0.1, -0.05) is 48.5 Å². The second kappa shape index (κ2) is 6.45. The Morgan fingerprint density at radius 1 is 0.667 bits per heavy atom. The first-order chi connectivity index (χ1) is 11.7. The van der Waals surface area contributed by atoms with Gasteiger partial charge in [0.05, 0.1) is 25.6 Å². The highest BCUT2D eigenvalue weighted by Gasteiger charge is 2.18. The molecule has 2 amide bonds. The molecule has 24 heavy (non-hydrogen) atoms. The van der Waals surface area contributed by atoms with Crippen LogP contribution in [-0.2, 0) is 9.47 Å². The third kappa shape index (κ3) is 2.69. The Labute approximate surface area is 138 Å². The molecule has 3 aromatic carbocycles. The lowest BCUT2D eigenvalue weighted by atomic mass is 9.98. The van der Waals surface area contributed by atoms with Crippen LogP contribution in [0.25, 0.3) is 21.5 Å². The zero-order valence-corrected chi connectivity index (χ0v) is 13.3. The lowest BCUT2D eigenvalue weighted by Crippen LogP contribution is -2.17. The molecule has 0 radical (unpaired) electrons. The van der Waals surface area contributed by atoms with E-state index in [1.807, 2.05) is 48.5 Å². The van der Waals surface area contributed by atoms with Crippen molar-refractivity contribution in [2.45, 2.75) is 0 Å². The number of ether oxygens (including phenoxy) is 2. The van der Waals surface area contributed by atoms with E-state index in [9.17, 15) is 9.59 Å². The minimum Gasteiger partial charge on any atom is -0.453 e. The average Bonchev–Trinajstić information content (AvgIpc) is 2.63. The number of methoxy groups -OCH3 is 2. The van der Waals surface area contributed by atoms with E-state index < -0.39 is 12.2 Å². The molecule has 6 heteroatoms. The van der Waals surface area contributed by atoms with E-state index in [1.54, 1.807) is 0 Å². The summed E-state index contributed by atoms with van der Waals surface area (Å²) in [5, 5.41) is 8.86. The Balaban J connectivity index is 2.38. The van der Waals surface area contributed by atoms with Gasteiger partial charge in [0, 0.05) is 10.8 Å². The van der Waals surface area contributed by atoms with E-state index in [0.717, 1.165) is 21.5 Å². The van der Waals surface area contributed by atoms with Gasteiger partial charge < -0.3 is 9.47 Å². The second-order valence-electron chi connectivity index (χ2n) is 5.07. The molecule has 0 aliphatic carbocycles. The van der Waals surface area contributed by atoms with Crippen molar-refractivity contribution in [1.29, 1.82) is 0 Å². The summed E-state index contributed by atoms with van der Waals surface area (Å²) < 4.78 is 9.41. The van der Waals surface area contributed by atoms with E-state index >= 15 is 0 Å². The van der Waals surface area contributed by atoms with Gasteiger partial charge in [0.25, 0.3) is 0 Å². The largest absolute Gasteiger partial charge is 0.453 e. The molecule has 0 bridgehead atoms. The first kappa shape index (κ1) is 15.6. The number of rotatable bonds is 2. The second-order valence-corrected chi connectivity index (χ2v) is 5.07. The third-order valence-corrected chi connectivity index (χ3v) is 3.76. The molecule has 0 spiro atoms. The van der Waals surface area contributed by atoms with Crippen molar-refractivity contribution in [3.05, 3.63) is 48.5 Å². The van der Waals surface area contributed by atoms with E-state index in [2.05, 4.69) is 10.6 Å². The summed E-state index contributed by atoms with van der Waals surface area (Å²) in [6.45, 7) is 0.